The molecule has 92 valence electrons. The molecular weight excluding hydrogens is 304 g/mol. The molecular formula is C12H14BrClN2O. The standard InChI is InChI=1S/C12H14BrClN2O/c13-8-3-4-11(14)10(6-8)12(17)16-9-2-1-5-15-7-9/h3-4,6,9,15H,1-2,5,7H2,(H,16,17)/t9-/m1/s1. The summed E-state index contributed by atoms with van der Waals surface area (Å²) in [6, 6.07) is 5.49. The van der Waals surface area contributed by atoms with Crippen molar-refractivity contribution in [3.8, 4) is 0 Å². The molecule has 5 heteroatoms. The van der Waals surface area contributed by atoms with Gasteiger partial charge in [-0.05, 0) is 37.6 Å². The van der Waals surface area contributed by atoms with Gasteiger partial charge < -0.3 is 10.6 Å². The van der Waals surface area contributed by atoms with E-state index in [1.54, 1.807) is 12.1 Å². The highest BCUT2D eigenvalue weighted by atomic mass is 79.9. The maximum absolute atomic E-state index is 12.0. The number of carbonyl (C=O) groups excluding carboxylic acids is 1. The van der Waals surface area contributed by atoms with E-state index in [9.17, 15) is 4.79 Å². The smallest absolute Gasteiger partial charge is 0.253 e. The summed E-state index contributed by atoms with van der Waals surface area (Å²) in [7, 11) is 0. The van der Waals surface area contributed by atoms with Gasteiger partial charge in [0.15, 0.2) is 0 Å². The summed E-state index contributed by atoms with van der Waals surface area (Å²) in [5.41, 5.74) is 0.520. The molecule has 0 aliphatic carbocycles. The zero-order chi connectivity index (χ0) is 12.3. The summed E-state index contributed by atoms with van der Waals surface area (Å²) < 4.78 is 0.855. The van der Waals surface area contributed by atoms with E-state index in [-0.39, 0.29) is 11.9 Å². The minimum absolute atomic E-state index is 0.106. The normalized spacial score (nSPS) is 20.0. The van der Waals surface area contributed by atoms with Gasteiger partial charge in [0, 0.05) is 17.1 Å². The number of carbonyl (C=O) groups is 1. The Labute approximate surface area is 114 Å². The summed E-state index contributed by atoms with van der Waals surface area (Å²) in [5, 5.41) is 6.74. The average Bonchev–Trinajstić information content (AvgIpc) is 2.33. The first-order chi connectivity index (χ1) is 8.16. The lowest BCUT2D eigenvalue weighted by atomic mass is 10.1. The number of piperidine rings is 1. The molecule has 2 N–H and O–H groups in total. The van der Waals surface area contributed by atoms with E-state index < -0.39 is 0 Å². The molecule has 3 nitrogen and oxygen atoms in total. The van der Waals surface area contributed by atoms with Crippen molar-refractivity contribution >= 4 is 33.4 Å². The maximum Gasteiger partial charge on any atom is 0.253 e. The van der Waals surface area contributed by atoms with Gasteiger partial charge in [-0.25, -0.2) is 0 Å². The van der Waals surface area contributed by atoms with Crippen molar-refractivity contribution in [3.63, 3.8) is 0 Å². The Kier molecular flexibility index (Phi) is 4.42. The van der Waals surface area contributed by atoms with Crippen LogP contribution in [0.4, 0.5) is 0 Å². The van der Waals surface area contributed by atoms with E-state index >= 15 is 0 Å². The first-order valence-corrected chi connectivity index (χ1v) is 6.80. The Morgan fingerprint density at radius 2 is 2.35 bits per heavy atom. The van der Waals surface area contributed by atoms with Crippen molar-refractivity contribution in [2.75, 3.05) is 13.1 Å². The van der Waals surface area contributed by atoms with Crippen LogP contribution in [0.2, 0.25) is 5.02 Å². The molecule has 1 aromatic rings. The van der Waals surface area contributed by atoms with Crippen molar-refractivity contribution in [3.05, 3.63) is 33.3 Å². The van der Waals surface area contributed by atoms with Crippen LogP contribution in [0.3, 0.4) is 0 Å². The van der Waals surface area contributed by atoms with Crippen LogP contribution >= 0.6 is 27.5 Å². The summed E-state index contributed by atoms with van der Waals surface area (Å²) in [6.45, 7) is 1.86. The highest BCUT2D eigenvalue weighted by Gasteiger charge is 2.18. The van der Waals surface area contributed by atoms with Crippen LogP contribution in [0.5, 0.6) is 0 Å². The summed E-state index contributed by atoms with van der Waals surface area (Å²) in [5.74, 6) is -0.106. The lowest BCUT2D eigenvalue weighted by Gasteiger charge is -2.24. The fourth-order valence-corrected chi connectivity index (χ4v) is 2.47. The molecule has 0 bridgehead atoms. The van der Waals surface area contributed by atoms with E-state index in [4.69, 9.17) is 11.6 Å². The van der Waals surface area contributed by atoms with Gasteiger partial charge >= 0.3 is 0 Å². The van der Waals surface area contributed by atoms with Crippen LogP contribution in [0.25, 0.3) is 0 Å². The van der Waals surface area contributed by atoms with Gasteiger partial charge in [0.05, 0.1) is 10.6 Å². The third kappa shape index (κ3) is 3.44. The molecule has 1 aliphatic rings. The van der Waals surface area contributed by atoms with Gasteiger partial charge in [0.2, 0.25) is 0 Å². The Morgan fingerprint density at radius 1 is 1.53 bits per heavy atom. The van der Waals surface area contributed by atoms with Gasteiger partial charge in [-0.2, -0.15) is 0 Å². The topological polar surface area (TPSA) is 41.1 Å². The maximum atomic E-state index is 12.0. The number of nitrogens with one attached hydrogen (secondary N) is 2. The molecule has 1 aromatic carbocycles. The van der Waals surface area contributed by atoms with Crippen LogP contribution in [0, 0.1) is 0 Å². The molecule has 1 fully saturated rings. The third-order valence-corrected chi connectivity index (χ3v) is 3.63. The number of hydrogen-bond acceptors (Lipinski definition) is 2. The second-order valence-corrected chi connectivity index (χ2v) is 5.46. The van der Waals surface area contributed by atoms with Crippen molar-refractivity contribution < 1.29 is 4.79 Å². The molecule has 17 heavy (non-hydrogen) atoms. The van der Waals surface area contributed by atoms with Crippen LogP contribution in [-0.4, -0.2) is 25.0 Å². The van der Waals surface area contributed by atoms with Gasteiger partial charge in [-0.3, -0.25) is 4.79 Å². The number of rotatable bonds is 2. The zero-order valence-corrected chi connectivity index (χ0v) is 11.6. The minimum atomic E-state index is -0.106. The van der Waals surface area contributed by atoms with Gasteiger partial charge in [-0.1, -0.05) is 27.5 Å². The molecule has 1 atom stereocenters. The quantitative estimate of drug-likeness (QED) is 0.880. The van der Waals surface area contributed by atoms with Gasteiger partial charge in [0.25, 0.3) is 5.91 Å². The van der Waals surface area contributed by atoms with Crippen molar-refractivity contribution in [2.45, 2.75) is 18.9 Å². The van der Waals surface area contributed by atoms with E-state index in [1.807, 2.05) is 6.07 Å². The Morgan fingerprint density at radius 3 is 3.06 bits per heavy atom. The molecule has 1 aliphatic heterocycles. The largest absolute Gasteiger partial charge is 0.348 e. The average molecular weight is 318 g/mol. The van der Waals surface area contributed by atoms with E-state index in [2.05, 4.69) is 26.6 Å². The van der Waals surface area contributed by atoms with Crippen LogP contribution in [-0.2, 0) is 0 Å². The molecule has 0 spiro atoms. The molecule has 0 radical (unpaired) electrons. The van der Waals surface area contributed by atoms with Gasteiger partial charge in [0.1, 0.15) is 0 Å². The van der Waals surface area contributed by atoms with Gasteiger partial charge in [-0.15, -0.1) is 0 Å². The van der Waals surface area contributed by atoms with Crippen molar-refractivity contribution in [1.82, 2.24) is 10.6 Å². The number of halogens is 2. The fraction of sp³-hybridized carbons (Fsp3) is 0.417. The minimum Gasteiger partial charge on any atom is -0.348 e. The van der Waals surface area contributed by atoms with Crippen LogP contribution in [0.15, 0.2) is 22.7 Å². The molecule has 1 saturated heterocycles. The van der Waals surface area contributed by atoms with E-state index in [0.717, 1.165) is 30.4 Å². The molecule has 1 heterocycles. The van der Waals surface area contributed by atoms with E-state index in [1.165, 1.54) is 0 Å². The lowest BCUT2D eigenvalue weighted by Crippen LogP contribution is -2.45. The fourth-order valence-electron chi connectivity index (χ4n) is 1.91. The van der Waals surface area contributed by atoms with Crippen molar-refractivity contribution in [2.24, 2.45) is 0 Å². The highest BCUT2D eigenvalue weighted by molar-refractivity contribution is 9.10. The third-order valence-electron chi connectivity index (χ3n) is 2.81. The Balaban J connectivity index is 2.05. The molecule has 0 unspecified atom stereocenters. The second kappa shape index (κ2) is 5.85. The van der Waals surface area contributed by atoms with Crippen molar-refractivity contribution in [1.29, 1.82) is 0 Å². The first-order valence-electron chi connectivity index (χ1n) is 5.63. The first kappa shape index (κ1) is 12.9. The molecule has 2 rings (SSSR count). The Bertz CT molecular complexity index is 419. The van der Waals surface area contributed by atoms with Crippen LogP contribution in [0.1, 0.15) is 23.2 Å². The highest BCUT2D eigenvalue weighted by Crippen LogP contribution is 2.21. The predicted octanol–water partition coefficient (Wildman–Crippen LogP) is 2.58. The second-order valence-electron chi connectivity index (χ2n) is 4.14. The molecule has 1 amide bonds. The monoisotopic (exact) mass is 316 g/mol. The number of benzene rings is 1. The molecule has 0 aromatic heterocycles. The zero-order valence-electron chi connectivity index (χ0n) is 9.30. The summed E-state index contributed by atoms with van der Waals surface area (Å²) >= 11 is 9.35. The molecule has 0 saturated carbocycles. The number of amides is 1. The number of hydrogen-bond donors (Lipinski definition) is 2. The SMILES string of the molecule is O=C(N[C@@H]1CCCNC1)c1cc(Br)ccc1Cl. The predicted molar refractivity (Wildman–Crippen MR) is 72.5 cm³/mol. The van der Waals surface area contributed by atoms with Crippen LogP contribution < -0.4 is 10.6 Å². The lowest BCUT2D eigenvalue weighted by molar-refractivity contribution is 0.0931. The summed E-state index contributed by atoms with van der Waals surface area (Å²) in [6.07, 6.45) is 2.11. The van der Waals surface area contributed by atoms with E-state index in [0.29, 0.717) is 10.6 Å². The summed E-state index contributed by atoms with van der Waals surface area (Å²) in [4.78, 5) is 12.0. The Hall–Kier alpha value is -0.580.